The Morgan fingerprint density at radius 3 is 2.62 bits per heavy atom. The minimum atomic E-state index is 0.0274. The second-order valence-electron chi connectivity index (χ2n) is 9.16. The van der Waals surface area contributed by atoms with Crippen molar-refractivity contribution in [3.05, 3.63) is 30.3 Å². The lowest BCUT2D eigenvalue weighted by Crippen LogP contribution is -2.29. The van der Waals surface area contributed by atoms with Gasteiger partial charge in [0.2, 0.25) is 5.91 Å². The molecule has 5 rings (SSSR count). The summed E-state index contributed by atoms with van der Waals surface area (Å²) in [6.45, 7) is 6.24. The maximum atomic E-state index is 12.0. The minimum Gasteiger partial charge on any atom is -0.369 e. The monoisotopic (exact) mass is 480 g/mol. The van der Waals surface area contributed by atoms with Gasteiger partial charge < -0.3 is 20.9 Å². The number of benzene rings is 1. The quantitative estimate of drug-likeness (QED) is 0.382. The van der Waals surface area contributed by atoms with Crippen LogP contribution < -0.4 is 21.4 Å². The Labute approximate surface area is 204 Å². The number of likely N-dealkylation sites (tertiary alicyclic amines) is 1. The number of anilines is 3. The molecule has 1 atom stereocenters. The van der Waals surface area contributed by atoms with Gasteiger partial charge in [0.1, 0.15) is 17.8 Å². The molecule has 1 saturated heterocycles. The molecule has 1 unspecified atom stereocenters. The molecule has 1 saturated carbocycles. The zero-order chi connectivity index (χ0) is 23.3. The highest BCUT2D eigenvalue weighted by Crippen LogP contribution is 2.31. The number of carbonyl (C=O) groups excluding carboxylic acids is 1. The highest BCUT2D eigenvalue weighted by atomic mass is 32.2. The van der Waals surface area contributed by atoms with Crippen molar-refractivity contribution in [3.63, 3.8) is 0 Å². The standard InChI is InChI=1S/C24H32N8OS/c1-16-14-22(31-30-16)27-21-15-20(25-10-13-32-11-2-3-12-32)28-24(29-21)34-19-8-6-18(7-9-19)26-23(33)17-4-5-17/h6-9,15,17,22,31H,2-5,10-14H2,1H3,(H,26,33)(H2,25,27,28,29). The van der Waals surface area contributed by atoms with Crippen LogP contribution in [0, 0.1) is 5.92 Å². The van der Waals surface area contributed by atoms with E-state index < -0.39 is 0 Å². The van der Waals surface area contributed by atoms with Crippen molar-refractivity contribution in [2.24, 2.45) is 11.0 Å². The summed E-state index contributed by atoms with van der Waals surface area (Å²) in [5.41, 5.74) is 5.00. The molecular formula is C24H32N8OS. The van der Waals surface area contributed by atoms with Gasteiger partial charge in [0.15, 0.2) is 5.16 Å². The largest absolute Gasteiger partial charge is 0.369 e. The summed E-state index contributed by atoms with van der Waals surface area (Å²) in [5.74, 6) is 1.88. The van der Waals surface area contributed by atoms with E-state index in [2.05, 4.69) is 31.4 Å². The molecule has 10 heteroatoms. The van der Waals surface area contributed by atoms with Gasteiger partial charge >= 0.3 is 0 Å². The second kappa shape index (κ2) is 10.6. The van der Waals surface area contributed by atoms with E-state index in [0.717, 1.165) is 60.3 Å². The SMILES string of the molecule is CC1=NNC(Nc2cc(NCCN3CCCC3)nc(Sc3ccc(NC(=O)C4CC4)cc3)n2)C1. The van der Waals surface area contributed by atoms with Gasteiger partial charge in [-0.25, -0.2) is 9.97 Å². The van der Waals surface area contributed by atoms with E-state index in [1.165, 1.54) is 37.7 Å². The van der Waals surface area contributed by atoms with Crippen molar-refractivity contribution >= 4 is 40.7 Å². The predicted molar refractivity (Wildman–Crippen MR) is 136 cm³/mol. The molecule has 3 aliphatic rings. The van der Waals surface area contributed by atoms with Crippen LogP contribution in [-0.2, 0) is 4.79 Å². The molecule has 9 nitrogen and oxygen atoms in total. The molecule has 4 N–H and O–H groups in total. The fourth-order valence-electron chi connectivity index (χ4n) is 4.12. The molecule has 1 aromatic heterocycles. The summed E-state index contributed by atoms with van der Waals surface area (Å²) < 4.78 is 0. The summed E-state index contributed by atoms with van der Waals surface area (Å²) in [6, 6.07) is 9.81. The summed E-state index contributed by atoms with van der Waals surface area (Å²) in [6.07, 6.45) is 5.44. The Kier molecular flexibility index (Phi) is 7.15. The fraction of sp³-hybridized carbons (Fsp3) is 0.500. The molecule has 0 spiro atoms. The average molecular weight is 481 g/mol. The van der Waals surface area contributed by atoms with Gasteiger partial charge in [-0.2, -0.15) is 5.10 Å². The normalized spacial score (nSPS) is 20.0. The Morgan fingerprint density at radius 1 is 1.15 bits per heavy atom. The van der Waals surface area contributed by atoms with Crippen LogP contribution in [0.15, 0.2) is 45.5 Å². The summed E-state index contributed by atoms with van der Waals surface area (Å²) in [7, 11) is 0. The first-order valence-electron chi connectivity index (χ1n) is 12.1. The van der Waals surface area contributed by atoms with E-state index in [1.807, 2.05) is 37.3 Å². The van der Waals surface area contributed by atoms with E-state index in [0.29, 0.717) is 5.16 Å². The van der Waals surface area contributed by atoms with Crippen molar-refractivity contribution in [3.8, 4) is 0 Å². The lowest BCUT2D eigenvalue weighted by molar-refractivity contribution is -0.117. The lowest BCUT2D eigenvalue weighted by Gasteiger charge is -2.17. The first-order chi connectivity index (χ1) is 16.6. The minimum absolute atomic E-state index is 0.0274. The first kappa shape index (κ1) is 22.9. The summed E-state index contributed by atoms with van der Waals surface area (Å²) in [5, 5.41) is 14.8. The zero-order valence-corrected chi connectivity index (χ0v) is 20.3. The third-order valence-corrected chi connectivity index (χ3v) is 7.02. The number of nitrogens with zero attached hydrogens (tertiary/aromatic N) is 4. The van der Waals surface area contributed by atoms with Crippen molar-refractivity contribution in [1.82, 2.24) is 20.3 Å². The summed E-state index contributed by atoms with van der Waals surface area (Å²) in [4.78, 5) is 25.0. The molecular weight excluding hydrogens is 448 g/mol. The van der Waals surface area contributed by atoms with Crippen LogP contribution in [0.1, 0.15) is 39.0 Å². The number of aromatic nitrogens is 2. The topological polar surface area (TPSA) is 107 Å². The number of hydrogen-bond acceptors (Lipinski definition) is 9. The smallest absolute Gasteiger partial charge is 0.227 e. The highest BCUT2D eigenvalue weighted by molar-refractivity contribution is 7.99. The van der Waals surface area contributed by atoms with E-state index in [1.54, 1.807) is 0 Å². The number of hydrogen-bond donors (Lipinski definition) is 4. The molecule has 1 aliphatic carbocycles. The Hall–Kier alpha value is -2.85. The molecule has 2 aromatic rings. The van der Waals surface area contributed by atoms with Crippen LogP contribution >= 0.6 is 11.8 Å². The summed E-state index contributed by atoms with van der Waals surface area (Å²) >= 11 is 1.50. The van der Waals surface area contributed by atoms with E-state index in [-0.39, 0.29) is 18.0 Å². The van der Waals surface area contributed by atoms with Gasteiger partial charge in [0.05, 0.1) is 0 Å². The molecule has 2 aliphatic heterocycles. The van der Waals surface area contributed by atoms with Crippen molar-refractivity contribution in [2.45, 2.75) is 55.2 Å². The molecule has 180 valence electrons. The maximum absolute atomic E-state index is 12.0. The van der Waals surface area contributed by atoms with Crippen LogP contribution in [0.3, 0.4) is 0 Å². The third-order valence-electron chi connectivity index (χ3n) is 6.15. The molecule has 1 amide bonds. The van der Waals surface area contributed by atoms with Crippen LogP contribution in [0.4, 0.5) is 17.3 Å². The van der Waals surface area contributed by atoms with Crippen molar-refractivity contribution < 1.29 is 4.79 Å². The lowest BCUT2D eigenvalue weighted by atomic mass is 10.2. The molecule has 0 bridgehead atoms. The van der Waals surface area contributed by atoms with Gasteiger partial charge in [0, 0.05) is 47.8 Å². The molecule has 3 heterocycles. The van der Waals surface area contributed by atoms with Gasteiger partial charge in [0.25, 0.3) is 0 Å². The average Bonchev–Trinajstić information content (AvgIpc) is 3.41. The molecule has 34 heavy (non-hydrogen) atoms. The predicted octanol–water partition coefficient (Wildman–Crippen LogP) is 3.59. The number of carbonyl (C=O) groups is 1. The van der Waals surface area contributed by atoms with Gasteiger partial charge in [-0.15, -0.1) is 0 Å². The maximum Gasteiger partial charge on any atom is 0.227 e. The van der Waals surface area contributed by atoms with Crippen LogP contribution in [0.5, 0.6) is 0 Å². The van der Waals surface area contributed by atoms with Crippen LogP contribution in [0.2, 0.25) is 0 Å². The zero-order valence-electron chi connectivity index (χ0n) is 19.5. The molecule has 1 aromatic carbocycles. The Bertz CT molecular complexity index is 1030. The van der Waals surface area contributed by atoms with E-state index >= 15 is 0 Å². The Balaban J connectivity index is 1.25. The van der Waals surface area contributed by atoms with Gasteiger partial charge in [-0.05, 0) is 81.7 Å². The van der Waals surface area contributed by atoms with E-state index in [4.69, 9.17) is 9.97 Å². The van der Waals surface area contributed by atoms with Crippen LogP contribution in [-0.4, -0.2) is 58.8 Å². The molecule has 2 fully saturated rings. The van der Waals surface area contributed by atoms with Gasteiger partial charge in [-0.1, -0.05) is 0 Å². The fourth-order valence-corrected chi connectivity index (χ4v) is 4.89. The van der Waals surface area contributed by atoms with Crippen molar-refractivity contribution in [1.29, 1.82) is 0 Å². The number of rotatable bonds is 10. The second-order valence-corrected chi connectivity index (χ2v) is 10.2. The van der Waals surface area contributed by atoms with Crippen molar-refractivity contribution in [2.75, 3.05) is 42.1 Å². The Morgan fingerprint density at radius 2 is 1.91 bits per heavy atom. The van der Waals surface area contributed by atoms with E-state index in [9.17, 15) is 4.79 Å². The van der Waals surface area contributed by atoms with Gasteiger partial charge in [-0.3, -0.25) is 10.2 Å². The first-order valence-corrected chi connectivity index (χ1v) is 12.9. The van der Waals surface area contributed by atoms with Crippen LogP contribution in [0.25, 0.3) is 0 Å². The number of amides is 1. The molecule has 0 radical (unpaired) electrons. The third kappa shape index (κ3) is 6.38. The number of hydrazone groups is 1. The number of nitrogens with one attached hydrogen (secondary N) is 4. The highest BCUT2D eigenvalue weighted by Gasteiger charge is 2.29.